The van der Waals surface area contributed by atoms with Crippen LogP contribution < -0.4 is 11.3 Å². The van der Waals surface area contributed by atoms with Gasteiger partial charge in [0.25, 0.3) is 0 Å². The first kappa shape index (κ1) is 12.3. The molecule has 19 heavy (non-hydrogen) atoms. The molecule has 7 heteroatoms. The van der Waals surface area contributed by atoms with Gasteiger partial charge in [-0.1, -0.05) is 0 Å². The van der Waals surface area contributed by atoms with Gasteiger partial charge in [-0.05, 0) is 18.2 Å². The van der Waals surface area contributed by atoms with E-state index in [4.69, 9.17) is 5.84 Å². The second-order valence-electron chi connectivity index (χ2n) is 4.09. The molecule has 0 aliphatic carbocycles. The van der Waals surface area contributed by atoms with Crippen LogP contribution >= 0.6 is 11.8 Å². The summed E-state index contributed by atoms with van der Waals surface area (Å²) in [5, 5.41) is 0. The van der Waals surface area contributed by atoms with E-state index in [0.717, 1.165) is 34.9 Å². The Kier molecular flexibility index (Phi) is 3.08. The van der Waals surface area contributed by atoms with E-state index in [-0.39, 0.29) is 0 Å². The van der Waals surface area contributed by atoms with Crippen LogP contribution in [0.4, 0.5) is 14.6 Å². The number of nitrogens with two attached hydrogens (primary N) is 1. The molecule has 1 aliphatic heterocycles. The summed E-state index contributed by atoms with van der Waals surface area (Å²) in [6.07, 6.45) is 0. The van der Waals surface area contributed by atoms with Crippen molar-refractivity contribution in [3.63, 3.8) is 0 Å². The third-order valence-electron chi connectivity index (χ3n) is 2.89. The highest BCUT2D eigenvalue weighted by Gasteiger charge is 2.20. The second kappa shape index (κ2) is 4.75. The van der Waals surface area contributed by atoms with Crippen molar-refractivity contribution >= 4 is 17.6 Å². The fourth-order valence-electron chi connectivity index (χ4n) is 1.93. The smallest absolute Gasteiger partial charge is 0.161 e. The Morgan fingerprint density at radius 3 is 2.74 bits per heavy atom. The predicted molar refractivity (Wildman–Crippen MR) is 70.2 cm³/mol. The van der Waals surface area contributed by atoms with E-state index in [9.17, 15) is 8.78 Å². The van der Waals surface area contributed by atoms with Gasteiger partial charge in [0.15, 0.2) is 17.5 Å². The van der Waals surface area contributed by atoms with Crippen LogP contribution in [0.1, 0.15) is 11.3 Å². The van der Waals surface area contributed by atoms with Crippen LogP contribution in [0.25, 0.3) is 11.4 Å². The lowest BCUT2D eigenvalue weighted by atomic mass is 10.1. The van der Waals surface area contributed by atoms with Crippen molar-refractivity contribution in [1.82, 2.24) is 9.97 Å². The lowest BCUT2D eigenvalue weighted by Gasteiger charge is -2.09. The van der Waals surface area contributed by atoms with Gasteiger partial charge in [-0.2, -0.15) is 11.8 Å². The Labute approximate surface area is 112 Å². The molecule has 1 aromatic carbocycles. The normalized spacial score (nSPS) is 13.4. The number of nitrogens with one attached hydrogen (secondary N) is 1. The van der Waals surface area contributed by atoms with Crippen molar-refractivity contribution in [2.45, 2.75) is 11.5 Å². The summed E-state index contributed by atoms with van der Waals surface area (Å²) >= 11 is 1.71. The molecule has 0 amide bonds. The van der Waals surface area contributed by atoms with Crippen molar-refractivity contribution < 1.29 is 8.78 Å². The first-order valence-corrected chi connectivity index (χ1v) is 6.74. The zero-order chi connectivity index (χ0) is 13.4. The van der Waals surface area contributed by atoms with E-state index < -0.39 is 11.6 Å². The lowest BCUT2D eigenvalue weighted by Crippen LogP contribution is -2.12. The first-order chi connectivity index (χ1) is 9.19. The van der Waals surface area contributed by atoms with Gasteiger partial charge in [0.1, 0.15) is 5.82 Å². The molecule has 0 atom stereocenters. The Morgan fingerprint density at radius 1 is 1.16 bits per heavy atom. The van der Waals surface area contributed by atoms with E-state index in [2.05, 4.69) is 15.4 Å². The van der Waals surface area contributed by atoms with E-state index in [0.29, 0.717) is 17.2 Å². The molecule has 0 unspecified atom stereocenters. The fourth-order valence-corrected chi connectivity index (χ4v) is 2.98. The maximum atomic E-state index is 13.2. The van der Waals surface area contributed by atoms with Gasteiger partial charge in [-0.25, -0.2) is 24.6 Å². The number of nitrogens with zero attached hydrogens (tertiary/aromatic N) is 2. The SMILES string of the molecule is NNc1nc(-c2ccc(F)c(F)c2)nc2c1CSC2. The Morgan fingerprint density at radius 2 is 2.00 bits per heavy atom. The highest BCUT2D eigenvalue weighted by Crippen LogP contribution is 2.34. The number of hydrazine groups is 1. The summed E-state index contributed by atoms with van der Waals surface area (Å²) in [5.74, 6) is 6.07. The number of benzene rings is 1. The molecule has 4 nitrogen and oxygen atoms in total. The molecule has 1 aliphatic rings. The van der Waals surface area contributed by atoms with Crippen LogP contribution in [0.5, 0.6) is 0 Å². The molecule has 0 radical (unpaired) electrons. The number of fused-ring (bicyclic) bond motifs is 1. The number of hydrogen-bond acceptors (Lipinski definition) is 5. The minimum Gasteiger partial charge on any atom is -0.308 e. The summed E-state index contributed by atoms with van der Waals surface area (Å²) in [6, 6.07) is 3.59. The van der Waals surface area contributed by atoms with Crippen molar-refractivity contribution in [3.05, 3.63) is 41.1 Å². The predicted octanol–water partition coefficient (Wildman–Crippen LogP) is 2.45. The molecule has 0 spiro atoms. The summed E-state index contributed by atoms with van der Waals surface area (Å²) < 4.78 is 26.2. The average molecular weight is 280 g/mol. The molecule has 2 aromatic rings. The topological polar surface area (TPSA) is 63.8 Å². The minimum atomic E-state index is -0.918. The largest absolute Gasteiger partial charge is 0.308 e. The van der Waals surface area contributed by atoms with Crippen molar-refractivity contribution in [2.24, 2.45) is 5.84 Å². The van der Waals surface area contributed by atoms with Crippen molar-refractivity contribution in [2.75, 3.05) is 5.43 Å². The maximum Gasteiger partial charge on any atom is 0.161 e. The summed E-state index contributed by atoms with van der Waals surface area (Å²) in [7, 11) is 0. The third kappa shape index (κ3) is 2.15. The van der Waals surface area contributed by atoms with Gasteiger partial charge in [-0.3, -0.25) is 0 Å². The van der Waals surface area contributed by atoms with Crippen LogP contribution in [0.3, 0.4) is 0 Å². The van der Waals surface area contributed by atoms with E-state index in [1.807, 2.05) is 0 Å². The van der Waals surface area contributed by atoms with Gasteiger partial charge in [-0.15, -0.1) is 0 Å². The Balaban J connectivity index is 2.12. The number of thioether (sulfide) groups is 1. The lowest BCUT2D eigenvalue weighted by molar-refractivity contribution is 0.509. The number of anilines is 1. The molecule has 1 aromatic heterocycles. The molecule has 3 N–H and O–H groups in total. The van der Waals surface area contributed by atoms with Crippen LogP contribution in [-0.2, 0) is 11.5 Å². The van der Waals surface area contributed by atoms with Gasteiger partial charge in [0.2, 0.25) is 0 Å². The minimum absolute atomic E-state index is 0.341. The van der Waals surface area contributed by atoms with E-state index in [1.165, 1.54) is 6.07 Å². The average Bonchev–Trinajstić information content (AvgIpc) is 2.89. The first-order valence-electron chi connectivity index (χ1n) is 5.58. The van der Waals surface area contributed by atoms with Crippen LogP contribution in [0.15, 0.2) is 18.2 Å². The monoisotopic (exact) mass is 280 g/mol. The Hall–Kier alpha value is -1.73. The fraction of sp³-hybridized carbons (Fsp3) is 0.167. The van der Waals surface area contributed by atoms with E-state index in [1.54, 1.807) is 11.8 Å². The van der Waals surface area contributed by atoms with Crippen LogP contribution in [-0.4, -0.2) is 9.97 Å². The number of halogens is 2. The summed E-state index contributed by atoms with van der Waals surface area (Å²) in [4.78, 5) is 8.64. The third-order valence-corrected chi connectivity index (χ3v) is 3.86. The summed E-state index contributed by atoms with van der Waals surface area (Å²) in [5.41, 5.74) is 4.81. The highest BCUT2D eigenvalue weighted by atomic mass is 32.2. The standard InChI is InChI=1S/C12H10F2N4S/c13-8-2-1-6(3-9(8)14)11-16-10-5-19-4-7(10)12(17-11)18-15/h1-3H,4-5,15H2,(H,16,17,18). The highest BCUT2D eigenvalue weighted by molar-refractivity contribution is 7.98. The molecule has 0 fully saturated rings. The maximum absolute atomic E-state index is 13.2. The molecular weight excluding hydrogens is 270 g/mol. The number of aromatic nitrogens is 2. The van der Waals surface area contributed by atoms with Crippen LogP contribution in [0.2, 0.25) is 0 Å². The number of rotatable bonds is 2. The molecular formula is C12H10F2N4S. The van der Waals surface area contributed by atoms with Gasteiger partial charge in [0.05, 0.1) is 5.69 Å². The molecule has 98 valence electrons. The van der Waals surface area contributed by atoms with Gasteiger partial charge in [0, 0.05) is 22.6 Å². The number of hydrogen-bond donors (Lipinski definition) is 2. The van der Waals surface area contributed by atoms with Crippen LogP contribution in [0, 0.1) is 11.6 Å². The van der Waals surface area contributed by atoms with Crippen molar-refractivity contribution in [3.8, 4) is 11.4 Å². The molecule has 3 rings (SSSR count). The van der Waals surface area contributed by atoms with Gasteiger partial charge >= 0.3 is 0 Å². The zero-order valence-corrected chi connectivity index (χ0v) is 10.6. The van der Waals surface area contributed by atoms with Gasteiger partial charge < -0.3 is 5.43 Å². The zero-order valence-electron chi connectivity index (χ0n) is 9.78. The van der Waals surface area contributed by atoms with E-state index >= 15 is 0 Å². The summed E-state index contributed by atoms with van der Waals surface area (Å²) in [6.45, 7) is 0. The number of nitrogen functional groups attached to an aromatic ring is 1. The molecule has 2 heterocycles. The Bertz CT molecular complexity index is 648. The molecule has 0 saturated heterocycles. The molecule has 0 saturated carbocycles. The quantitative estimate of drug-likeness (QED) is 0.653. The molecule has 0 bridgehead atoms. The van der Waals surface area contributed by atoms with Crippen molar-refractivity contribution in [1.29, 1.82) is 0 Å². The second-order valence-corrected chi connectivity index (χ2v) is 5.07.